The summed E-state index contributed by atoms with van der Waals surface area (Å²) in [6.07, 6.45) is 3.76. The molecule has 0 aliphatic rings. The minimum Gasteiger partial charge on any atom is -0.341 e. The molecular formula is C16H22N4OS2. The van der Waals surface area contributed by atoms with Crippen LogP contribution in [-0.4, -0.2) is 44.6 Å². The number of aromatic nitrogens is 3. The summed E-state index contributed by atoms with van der Waals surface area (Å²) in [5.74, 6) is 0.451. The van der Waals surface area contributed by atoms with Crippen molar-refractivity contribution in [2.45, 2.75) is 36.5 Å². The third-order valence-electron chi connectivity index (χ3n) is 3.43. The number of nitrogens with zero attached hydrogens (tertiary/aromatic N) is 4. The number of rotatable bonds is 7. The molecule has 0 aliphatic heterocycles. The Morgan fingerprint density at radius 2 is 2.00 bits per heavy atom. The highest BCUT2D eigenvalue weighted by molar-refractivity contribution is 7.99. The second-order valence-corrected chi connectivity index (χ2v) is 7.32. The smallest absolute Gasteiger partial charge is 0.233 e. The van der Waals surface area contributed by atoms with Gasteiger partial charge < -0.3 is 9.47 Å². The van der Waals surface area contributed by atoms with E-state index in [-0.39, 0.29) is 11.9 Å². The van der Waals surface area contributed by atoms with E-state index < -0.39 is 0 Å². The van der Waals surface area contributed by atoms with Crippen LogP contribution >= 0.6 is 23.5 Å². The number of hydrogen-bond acceptors (Lipinski definition) is 5. The van der Waals surface area contributed by atoms with Gasteiger partial charge in [0.1, 0.15) is 6.33 Å². The Balaban J connectivity index is 1.88. The number of carbonyl (C=O) groups is 1. The van der Waals surface area contributed by atoms with Crippen LogP contribution in [0, 0.1) is 0 Å². The lowest BCUT2D eigenvalue weighted by Gasteiger charge is -2.17. The average molecular weight is 351 g/mol. The van der Waals surface area contributed by atoms with E-state index in [0.29, 0.717) is 12.3 Å². The van der Waals surface area contributed by atoms with Gasteiger partial charge in [-0.25, -0.2) is 0 Å². The fourth-order valence-electron chi connectivity index (χ4n) is 2.02. The van der Waals surface area contributed by atoms with Gasteiger partial charge >= 0.3 is 0 Å². The van der Waals surface area contributed by atoms with Crippen LogP contribution in [0.1, 0.15) is 25.5 Å². The first-order valence-electron chi connectivity index (χ1n) is 7.40. The van der Waals surface area contributed by atoms with Crippen LogP contribution in [0.3, 0.4) is 0 Å². The third-order valence-corrected chi connectivity index (χ3v) is 5.11. The molecule has 0 radical (unpaired) electrons. The van der Waals surface area contributed by atoms with Crippen molar-refractivity contribution in [1.82, 2.24) is 19.7 Å². The van der Waals surface area contributed by atoms with Crippen LogP contribution in [-0.2, 0) is 11.3 Å². The van der Waals surface area contributed by atoms with Gasteiger partial charge in [0, 0.05) is 24.5 Å². The molecule has 0 saturated carbocycles. The number of hydrogen-bond donors (Lipinski definition) is 0. The van der Waals surface area contributed by atoms with Gasteiger partial charge in [-0.1, -0.05) is 23.9 Å². The van der Waals surface area contributed by atoms with Gasteiger partial charge in [0.15, 0.2) is 5.16 Å². The first-order valence-corrected chi connectivity index (χ1v) is 9.61. The van der Waals surface area contributed by atoms with Crippen molar-refractivity contribution in [2.75, 3.05) is 19.1 Å². The van der Waals surface area contributed by atoms with Crippen molar-refractivity contribution in [2.24, 2.45) is 0 Å². The monoisotopic (exact) mass is 350 g/mol. The molecule has 0 aliphatic carbocycles. The Bertz CT molecular complexity index is 640. The summed E-state index contributed by atoms with van der Waals surface area (Å²) < 4.78 is 1.97. The quantitative estimate of drug-likeness (QED) is 0.717. The average Bonchev–Trinajstić information content (AvgIpc) is 3.02. The van der Waals surface area contributed by atoms with Crippen LogP contribution < -0.4 is 0 Å². The molecule has 0 unspecified atom stereocenters. The van der Waals surface area contributed by atoms with Crippen molar-refractivity contribution >= 4 is 29.4 Å². The van der Waals surface area contributed by atoms with Gasteiger partial charge in [-0.05, 0) is 37.8 Å². The van der Waals surface area contributed by atoms with Crippen molar-refractivity contribution in [3.05, 3.63) is 36.2 Å². The van der Waals surface area contributed by atoms with Gasteiger partial charge in [0.05, 0.1) is 5.75 Å². The van der Waals surface area contributed by atoms with Crippen molar-refractivity contribution < 1.29 is 4.79 Å². The normalized spacial score (nSPS) is 11.0. The minimum atomic E-state index is 0.0854. The molecule has 0 spiro atoms. The first kappa shape index (κ1) is 17.9. The molecule has 0 bridgehead atoms. The molecule has 1 aromatic carbocycles. The van der Waals surface area contributed by atoms with Gasteiger partial charge in [-0.2, -0.15) is 0 Å². The Labute approximate surface area is 145 Å². The van der Waals surface area contributed by atoms with E-state index in [1.807, 2.05) is 11.6 Å². The molecule has 1 heterocycles. The van der Waals surface area contributed by atoms with Crippen molar-refractivity contribution in [3.63, 3.8) is 0 Å². The molecule has 0 atom stereocenters. The molecule has 0 saturated heterocycles. The van der Waals surface area contributed by atoms with E-state index >= 15 is 0 Å². The highest BCUT2D eigenvalue weighted by Crippen LogP contribution is 2.20. The third kappa shape index (κ3) is 5.00. The predicted molar refractivity (Wildman–Crippen MR) is 95.8 cm³/mol. The van der Waals surface area contributed by atoms with E-state index in [1.54, 1.807) is 23.0 Å². The Morgan fingerprint density at radius 3 is 2.61 bits per heavy atom. The summed E-state index contributed by atoms with van der Waals surface area (Å²) in [4.78, 5) is 15.3. The summed E-state index contributed by atoms with van der Waals surface area (Å²) in [6, 6.07) is 8.59. The molecule has 0 N–H and O–H groups in total. The minimum absolute atomic E-state index is 0.0854. The first-order chi connectivity index (χ1) is 11.0. The fourth-order valence-corrected chi connectivity index (χ4v) is 3.41. The molecule has 1 aromatic heterocycles. The maximum absolute atomic E-state index is 12.3. The highest BCUT2D eigenvalue weighted by Gasteiger charge is 2.13. The zero-order valence-electron chi connectivity index (χ0n) is 13.9. The predicted octanol–water partition coefficient (Wildman–Crippen LogP) is 3.33. The van der Waals surface area contributed by atoms with E-state index in [9.17, 15) is 4.79 Å². The summed E-state index contributed by atoms with van der Waals surface area (Å²) in [7, 11) is 1.83. The summed E-state index contributed by atoms with van der Waals surface area (Å²) >= 11 is 3.14. The van der Waals surface area contributed by atoms with Crippen LogP contribution in [0.25, 0.3) is 0 Å². The maximum Gasteiger partial charge on any atom is 0.233 e. The van der Waals surface area contributed by atoms with Crippen LogP contribution in [0.2, 0.25) is 0 Å². The Hall–Kier alpha value is -1.47. The molecule has 2 rings (SSSR count). The Morgan fingerprint density at radius 1 is 1.30 bits per heavy atom. The lowest BCUT2D eigenvalue weighted by Crippen LogP contribution is -2.27. The standard InChI is InChI=1S/C16H22N4OS2/c1-12(2)20-11-17-18-16(20)23-10-15(21)19(3)9-13-5-7-14(22-4)8-6-13/h5-8,11-12H,9-10H2,1-4H3. The second kappa shape index (κ2) is 8.40. The van der Waals surface area contributed by atoms with Gasteiger partial charge in [-0.3, -0.25) is 4.79 Å². The summed E-state index contributed by atoms with van der Waals surface area (Å²) in [5.41, 5.74) is 1.13. The number of benzene rings is 1. The van der Waals surface area contributed by atoms with Gasteiger partial charge in [0.25, 0.3) is 0 Å². The molecule has 1 amide bonds. The topological polar surface area (TPSA) is 51.0 Å². The summed E-state index contributed by atoms with van der Waals surface area (Å²) in [6.45, 7) is 4.75. The molecule has 23 heavy (non-hydrogen) atoms. The van der Waals surface area contributed by atoms with Crippen LogP contribution in [0.4, 0.5) is 0 Å². The molecule has 7 heteroatoms. The Kier molecular flexibility index (Phi) is 6.53. The molecule has 0 fully saturated rings. The zero-order valence-corrected chi connectivity index (χ0v) is 15.5. The fraction of sp³-hybridized carbons (Fsp3) is 0.438. The highest BCUT2D eigenvalue weighted by atomic mass is 32.2. The van der Waals surface area contributed by atoms with Crippen molar-refractivity contribution in [3.8, 4) is 0 Å². The number of carbonyl (C=O) groups excluding carboxylic acids is 1. The van der Waals surface area contributed by atoms with Crippen molar-refractivity contribution in [1.29, 1.82) is 0 Å². The largest absolute Gasteiger partial charge is 0.341 e. The van der Waals surface area contributed by atoms with Gasteiger partial charge in [0.2, 0.25) is 5.91 Å². The molecule has 124 valence electrons. The zero-order chi connectivity index (χ0) is 16.8. The van der Waals surface area contributed by atoms with E-state index in [1.165, 1.54) is 16.7 Å². The number of amides is 1. The molecule has 2 aromatic rings. The van der Waals surface area contributed by atoms with Gasteiger partial charge in [-0.15, -0.1) is 22.0 Å². The second-order valence-electron chi connectivity index (χ2n) is 5.50. The maximum atomic E-state index is 12.3. The number of thioether (sulfide) groups is 2. The lowest BCUT2D eigenvalue weighted by molar-refractivity contribution is -0.127. The molecule has 5 nitrogen and oxygen atoms in total. The summed E-state index contributed by atoms with van der Waals surface area (Å²) in [5, 5.41) is 8.77. The SMILES string of the molecule is CSc1ccc(CN(C)C(=O)CSc2nncn2C(C)C)cc1. The van der Waals surface area contributed by atoms with Crippen LogP contribution in [0.5, 0.6) is 0 Å². The van der Waals surface area contributed by atoms with E-state index in [4.69, 9.17) is 0 Å². The van der Waals surface area contributed by atoms with E-state index in [2.05, 4.69) is 54.6 Å². The molecular weight excluding hydrogens is 328 g/mol. The van der Waals surface area contributed by atoms with Crippen LogP contribution in [0.15, 0.2) is 40.6 Å². The lowest BCUT2D eigenvalue weighted by atomic mass is 10.2. The van der Waals surface area contributed by atoms with E-state index in [0.717, 1.165) is 10.7 Å².